The molecule has 26 heavy (non-hydrogen) atoms. The molecule has 2 fully saturated rings. The number of aromatic nitrogens is 5. The summed E-state index contributed by atoms with van der Waals surface area (Å²) in [6.07, 6.45) is 10.3. The Kier molecular flexibility index (Phi) is 4.36. The van der Waals surface area contributed by atoms with Crippen molar-refractivity contribution in [3.8, 4) is 11.3 Å². The van der Waals surface area contributed by atoms with Gasteiger partial charge in [0.2, 0.25) is 0 Å². The van der Waals surface area contributed by atoms with Crippen LogP contribution in [0.15, 0.2) is 30.9 Å². The summed E-state index contributed by atoms with van der Waals surface area (Å²) in [6, 6.07) is 2.05. The molecule has 4 heterocycles. The third kappa shape index (κ3) is 2.66. The predicted molar refractivity (Wildman–Crippen MR) is 103 cm³/mol. The maximum absolute atomic E-state index is 6.03. The summed E-state index contributed by atoms with van der Waals surface area (Å²) in [5.74, 6) is 3.09. The highest BCUT2D eigenvalue weighted by molar-refractivity contribution is 5.85. The van der Waals surface area contributed by atoms with E-state index in [2.05, 4.69) is 15.1 Å². The molecule has 2 aliphatic rings. The largest absolute Gasteiger partial charge is 0.354 e. The zero-order chi connectivity index (χ0) is 17.0. The Bertz CT molecular complexity index is 903. The van der Waals surface area contributed by atoms with Crippen LogP contribution in [0.4, 0.5) is 5.82 Å². The number of piperidine rings is 1. The molecular formula is C18H24ClN7. The number of hydrogen-bond acceptors (Lipinski definition) is 5. The summed E-state index contributed by atoms with van der Waals surface area (Å²) >= 11 is 0. The van der Waals surface area contributed by atoms with E-state index < -0.39 is 0 Å². The Labute approximate surface area is 158 Å². The number of nitrogens with zero attached hydrogens (tertiary/aromatic N) is 6. The lowest BCUT2D eigenvalue weighted by Gasteiger charge is -2.38. The maximum Gasteiger partial charge on any atom is 0.155 e. The van der Waals surface area contributed by atoms with Crippen molar-refractivity contribution in [1.29, 1.82) is 0 Å². The maximum atomic E-state index is 6.03. The quantitative estimate of drug-likeness (QED) is 0.759. The molecule has 0 amide bonds. The molecule has 3 aromatic rings. The zero-order valence-electron chi connectivity index (χ0n) is 14.8. The molecule has 7 nitrogen and oxygen atoms in total. The molecule has 2 unspecified atom stereocenters. The first-order valence-electron chi connectivity index (χ1n) is 9.01. The van der Waals surface area contributed by atoms with Crippen molar-refractivity contribution in [2.24, 2.45) is 30.5 Å². The van der Waals surface area contributed by atoms with Crippen molar-refractivity contribution < 1.29 is 0 Å². The van der Waals surface area contributed by atoms with Gasteiger partial charge in [0.05, 0.1) is 24.3 Å². The van der Waals surface area contributed by atoms with Gasteiger partial charge < -0.3 is 10.6 Å². The molecule has 1 saturated carbocycles. The van der Waals surface area contributed by atoms with Crippen LogP contribution in [0.2, 0.25) is 0 Å². The summed E-state index contributed by atoms with van der Waals surface area (Å²) < 4.78 is 3.73. The molecule has 3 aromatic heterocycles. The highest BCUT2D eigenvalue weighted by atomic mass is 35.5. The standard InChI is InChI=1S/C18H23N7.ClH/c1-23-8-14(7-21-23)16-11-25-17(4-5-20-25)18(22-16)24-9-12-2-3-13(10-24)15(12)6-19;/h4-5,7-8,11-13,15H,2-3,6,9-10,19H2,1H3;1H. The van der Waals surface area contributed by atoms with E-state index >= 15 is 0 Å². The lowest BCUT2D eigenvalue weighted by molar-refractivity contribution is 0.278. The van der Waals surface area contributed by atoms with E-state index in [1.165, 1.54) is 12.8 Å². The van der Waals surface area contributed by atoms with Crippen LogP contribution in [0.1, 0.15) is 12.8 Å². The molecular weight excluding hydrogens is 350 g/mol. The first-order valence-corrected chi connectivity index (χ1v) is 9.01. The molecule has 2 N–H and O–H groups in total. The van der Waals surface area contributed by atoms with E-state index in [4.69, 9.17) is 10.7 Å². The Morgan fingerprint density at radius 1 is 1.15 bits per heavy atom. The van der Waals surface area contributed by atoms with Crippen LogP contribution in [0.5, 0.6) is 0 Å². The minimum Gasteiger partial charge on any atom is -0.354 e. The van der Waals surface area contributed by atoms with Crippen LogP contribution in [-0.4, -0.2) is 44.0 Å². The van der Waals surface area contributed by atoms with Crippen LogP contribution in [0, 0.1) is 17.8 Å². The van der Waals surface area contributed by atoms with Crippen LogP contribution in [-0.2, 0) is 7.05 Å². The fourth-order valence-corrected chi connectivity index (χ4v) is 4.73. The van der Waals surface area contributed by atoms with Gasteiger partial charge in [0.1, 0.15) is 5.52 Å². The molecule has 138 valence electrons. The minimum atomic E-state index is 0. The summed E-state index contributed by atoms with van der Waals surface area (Å²) in [7, 11) is 1.92. The van der Waals surface area contributed by atoms with Gasteiger partial charge >= 0.3 is 0 Å². The first-order chi connectivity index (χ1) is 12.2. The Morgan fingerprint density at radius 2 is 1.92 bits per heavy atom. The van der Waals surface area contributed by atoms with E-state index in [0.717, 1.165) is 42.2 Å². The molecule has 2 atom stereocenters. The van der Waals surface area contributed by atoms with Gasteiger partial charge in [-0.3, -0.25) is 4.68 Å². The van der Waals surface area contributed by atoms with Gasteiger partial charge in [-0.05, 0) is 43.2 Å². The fourth-order valence-electron chi connectivity index (χ4n) is 4.73. The van der Waals surface area contributed by atoms with Gasteiger partial charge in [0, 0.05) is 31.9 Å². The minimum absolute atomic E-state index is 0. The van der Waals surface area contributed by atoms with Crippen molar-refractivity contribution in [3.63, 3.8) is 0 Å². The molecule has 0 radical (unpaired) electrons. The number of aryl methyl sites for hydroxylation is 1. The molecule has 8 heteroatoms. The van der Waals surface area contributed by atoms with E-state index in [1.807, 2.05) is 42.4 Å². The van der Waals surface area contributed by atoms with Gasteiger partial charge in [-0.2, -0.15) is 10.2 Å². The monoisotopic (exact) mass is 373 g/mol. The average molecular weight is 374 g/mol. The van der Waals surface area contributed by atoms with Crippen molar-refractivity contribution in [2.75, 3.05) is 24.5 Å². The second-order valence-corrected chi connectivity index (χ2v) is 7.42. The Hall–Kier alpha value is -2.12. The molecule has 0 aromatic carbocycles. The number of rotatable bonds is 3. The van der Waals surface area contributed by atoms with E-state index in [9.17, 15) is 0 Å². The molecule has 1 aliphatic heterocycles. The molecule has 1 aliphatic carbocycles. The zero-order valence-corrected chi connectivity index (χ0v) is 15.6. The normalized spacial score (nSPS) is 24.8. The highest BCUT2D eigenvalue weighted by Gasteiger charge is 2.41. The summed E-state index contributed by atoms with van der Waals surface area (Å²) in [5.41, 5.74) is 9.02. The molecule has 0 spiro atoms. The summed E-state index contributed by atoms with van der Waals surface area (Å²) in [4.78, 5) is 7.46. The Morgan fingerprint density at radius 3 is 2.58 bits per heavy atom. The second-order valence-electron chi connectivity index (χ2n) is 7.42. The molecule has 5 rings (SSSR count). The second kappa shape index (κ2) is 6.55. The predicted octanol–water partition coefficient (Wildman–Crippen LogP) is 1.97. The smallest absolute Gasteiger partial charge is 0.155 e. The fraction of sp³-hybridized carbons (Fsp3) is 0.500. The van der Waals surface area contributed by atoms with E-state index in [-0.39, 0.29) is 12.4 Å². The van der Waals surface area contributed by atoms with E-state index in [0.29, 0.717) is 17.8 Å². The lowest BCUT2D eigenvalue weighted by Crippen LogP contribution is -2.45. The summed E-state index contributed by atoms with van der Waals surface area (Å²) in [6.45, 7) is 2.90. The van der Waals surface area contributed by atoms with Crippen molar-refractivity contribution in [2.45, 2.75) is 12.8 Å². The molecule has 1 saturated heterocycles. The topological polar surface area (TPSA) is 77.3 Å². The number of hydrogen-bond donors (Lipinski definition) is 1. The van der Waals surface area contributed by atoms with Crippen LogP contribution in [0.3, 0.4) is 0 Å². The number of nitrogens with two attached hydrogens (primary N) is 1. The van der Waals surface area contributed by atoms with Crippen molar-refractivity contribution >= 4 is 23.7 Å². The van der Waals surface area contributed by atoms with Crippen LogP contribution < -0.4 is 10.6 Å². The molecule has 2 bridgehead atoms. The number of fused-ring (bicyclic) bond motifs is 3. The van der Waals surface area contributed by atoms with E-state index in [1.54, 1.807) is 4.68 Å². The van der Waals surface area contributed by atoms with Crippen molar-refractivity contribution in [1.82, 2.24) is 24.4 Å². The third-order valence-corrected chi connectivity index (χ3v) is 5.97. The van der Waals surface area contributed by atoms with Gasteiger partial charge in [0.25, 0.3) is 0 Å². The number of halogens is 1. The van der Waals surface area contributed by atoms with Crippen LogP contribution in [0.25, 0.3) is 16.8 Å². The van der Waals surface area contributed by atoms with Gasteiger partial charge in [-0.15, -0.1) is 12.4 Å². The van der Waals surface area contributed by atoms with Crippen molar-refractivity contribution in [3.05, 3.63) is 30.9 Å². The SMILES string of the molecule is Cl.Cn1cc(-c2cn3nccc3c(N3CC4CCC(C3)C4CN)n2)cn1. The van der Waals surface area contributed by atoms with Gasteiger partial charge in [-0.25, -0.2) is 9.50 Å². The Balaban J connectivity index is 0.00000168. The van der Waals surface area contributed by atoms with Gasteiger partial charge in [0.15, 0.2) is 5.82 Å². The third-order valence-electron chi connectivity index (χ3n) is 5.97. The highest BCUT2D eigenvalue weighted by Crippen LogP contribution is 2.43. The van der Waals surface area contributed by atoms with Gasteiger partial charge in [-0.1, -0.05) is 0 Å². The number of anilines is 1. The first kappa shape index (κ1) is 17.3. The lowest BCUT2D eigenvalue weighted by atomic mass is 9.85. The van der Waals surface area contributed by atoms with Crippen LogP contribution >= 0.6 is 12.4 Å². The summed E-state index contributed by atoms with van der Waals surface area (Å²) in [5, 5.41) is 8.73. The average Bonchev–Trinajstić information content (AvgIpc) is 3.31.